The molecule has 0 aromatic heterocycles. The third-order valence-corrected chi connectivity index (χ3v) is 3.06. The Morgan fingerprint density at radius 3 is 2.44 bits per heavy atom. The van der Waals surface area contributed by atoms with Crippen LogP contribution in [0.25, 0.3) is 10.8 Å². The minimum atomic E-state index is -0.00263. The second kappa shape index (κ2) is 4.69. The number of ketones is 1. The molecule has 0 aliphatic carbocycles. The monoisotopic (exact) mass is 244 g/mol. The van der Waals surface area contributed by atoms with Gasteiger partial charge in [-0.05, 0) is 30.9 Å². The van der Waals surface area contributed by atoms with Crippen molar-refractivity contribution in [2.24, 2.45) is 0 Å². The van der Waals surface area contributed by atoms with Crippen molar-refractivity contribution in [2.75, 3.05) is 14.2 Å². The average Bonchev–Trinajstić information content (AvgIpc) is 2.35. The molecule has 0 amide bonds. The summed E-state index contributed by atoms with van der Waals surface area (Å²) in [5.74, 6) is 1.30. The quantitative estimate of drug-likeness (QED) is 0.776. The molecule has 18 heavy (non-hydrogen) atoms. The fraction of sp³-hybridized carbons (Fsp3) is 0.267. The molecule has 2 aromatic rings. The lowest BCUT2D eigenvalue weighted by atomic mass is 9.97. The third-order valence-electron chi connectivity index (χ3n) is 3.06. The van der Waals surface area contributed by atoms with Gasteiger partial charge in [-0.15, -0.1) is 0 Å². The van der Waals surface area contributed by atoms with Crippen molar-refractivity contribution < 1.29 is 14.3 Å². The Labute approximate surface area is 106 Å². The molecular weight excluding hydrogens is 228 g/mol. The lowest BCUT2D eigenvalue weighted by molar-refractivity contribution is 0.101. The van der Waals surface area contributed by atoms with Gasteiger partial charge >= 0.3 is 0 Å². The van der Waals surface area contributed by atoms with Gasteiger partial charge in [0.2, 0.25) is 0 Å². The molecule has 0 aliphatic rings. The number of ether oxygens (including phenoxy) is 2. The van der Waals surface area contributed by atoms with Gasteiger partial charge in [0.15, 0.2) is 5.78 Å². The zero-order chi connectivity index (χ0) is 13.3. The normalized spacial score (nSPS) is 10.4. The number of benzene rings is 2. The molecule has 0 radical (unpaired) electrons. The summed E-state index contributed by atoms with van der Waals surface area (Å²) >= 11 is 0. The molecule has 0 atom stereocenters. The van der Waals surface area contributed by atoms with E-state index < -0.39 is 0 Å². The maximum absolute atomic E-state index is 11.8. The molecule has 0 fully saturated rings. The van der Waals surface area contributed by atoms with E-state index >= 15 is 0 Å². The molecular formula is C15H16O3. The lowest BCUT2D eigenvalue weighted by Crippen LogP contribution is -2.02. The highest BCUT2D eigenvalue weighted by Gasteiger charge is 2.18. The Balaban J connectivity index is 2.96. The summed E-state index contributed by atoms with van der Waals surface area (Å²) in [5, 5.41) is 1.85. The molecule has 0 heterocycles. The van der Waals surface area contributed by atoms with Gasteiger partial charge in [-0.1, -0.05) is 18.2 Å². The van der Waals surface area contributed by atoms with E-state index in [1.165, 1.54) is 0 Å². The van der Waals surface area contributed by atoms with Crippen LogP contribution in [0, 0.1) is 6.92 Å². The van der Waals surface area contributed by atoms with Crippen molar-refractivity contribution in [3.63, 3.8) is 0 Å². The molecule has 2 rings (SSSR count). The van der Waals surface area contributed by atoms with E-state index in [9.17, 15) is 4.79 Å². The average molecular weight is 244 g/mol. The van der Waals surface area contributed by atoms with Gasteiger partial charge in [0, 0.05) is 0 Å². The maximum Gasteiger partial charge on any atom is 0.163 e. The summed E-state index contributed by atoms with van der Waals surface area (Å²) < 4.78 is 10.8. The Hall–Kier alpha value is -2.03. The molecule has 2 aromatic carbocycles. The van der Waals surface area contributed by atoms with Crippen LogP contribution in [0.15, 0.2) is 24.3 Å². The lowest BCUT2D eigenvalue weighted by Gasteiger charge is -2.15. The first kappa shape index (κ1) is 12.4. The van der Waals surface area contributed by atoms with E-state index in [1.807, 2.05) is 31.2 Å². The van der Waals surface area contributed by atoms with Crippen LogP contribution < -0.4 is 9.47 Å². The summed E-state index contributed by atoms with van der Waals surface area (Å²) in [6.45, 7) is 3.46. The van der Waals surface area contributed by atoms with Crippen molar-refractivity contribution in [1.29, 1.82) is 0 Å². The largest absolute Gasteiger partial charge is 0.496 e. The van der Waals surface area contributed by atoms with E-state index in [0.717, 1.165) is 16.3 Å². The maximum atomic E-state index is 11.8. The van der Waals surface area contributed by atoms with E-state index in [4.69, 9.17) is 9.47 Å². The molecule has 0 saturated heterocycles. The van der Waals surface area contributed by atoms with Crippen LogP contribution in [0.4, 0.5) is 0 Å². The smallest absolute Gasteiger partial charge is 0.163 e. The van der Waals surface area contributed by atoms with Gasteiger partial charge in [-0.2, -0.15) is 0 Å². The van der Waals surface area contributed by atoms with Crippen LogP contribution in [-0.4, -0.2) is 20.0 Å². The van der Waals surface area contributed by atoms with E-state index in [-0.39, 0.29) is 5.78 Å². The molecule has 94 valence electrons. The van der Waals surface area contributed by atoms with Crippen molar-refractivity contribution in [3.05, 3.63) is 35.4 Å². The fourth-order valence-electron chi connectivity index (χ4n) is 2.33. The SMILES string of the molecule is COc1cccc2cc(C)c(C(C)=O)c(OC)c12. The zero-order valence-corrected chi connectivity index (χ0v) is 11.0. The summed E-state index contributed by atoms with van der Waals surface area (Å²) in [6.07, 6.45) is 0. The standard InChI is InChI=1S/C15H16O3/c1-9-8-11-6-5-7-12(17-3)14(11)15(18-4)13(9)10(2)16/h5-8H,1-4H3. The predicted molar refractivity (Wildman–Crippen MR) is 71.8 cm³/mol. The number of hydrogen-bond donors (Lipinski definition) is 0. The summed E-state index contributed by atoms with van der Waals surface area (Å²) in [7, 11) is 3.19. The number of methoxy groups -OCH3 is 2. The minimum absolute atomic E-state index is 0.00263. The van der Waals surface area contributed by atoms with Crippen molar-refractivity contribution >= 4 is 16.6 Å². The number of rotatable bonds is 3. The van der Waals surface area contributed by atoms with E-state index in [1.54, 1.807) is 21.1 Å². The molecule has 0 aliphatic heterocycles. The molecule has 0 unspecified atom stereocenters. The van der Waals surface area contributed by atoms with E-state index in [0.29, 0.717) is 17.1 Å². The van der Waals surface area contributed by atoms with Crippen LogP contribution in [0.2, 0.25) is 0 Å². The Bertz CT molecular complexity index is 615. The molecule has 0 N–H and O–H groups in total. The fourth-order valence-corrected chi connectivity index (χ4v) is 2.33. The topological polar surface area (TPSA) is 35.5 Å². The molecule has 0 spiro atoms. The highest BCUT2D eigenvalue weighted by atomic mass is 16.5. The molecule has 0 saturated carbocycles. The third kappa shape index (κ3) is 1.82. The first-order chi connectivity index (χ1) is 8.60. The Morgan fingerprint density at radius 1 is 1.17 bits per heavy atom. The van der Waals surface area contributed by atoms with Gasteiger partial charge in [0.25, 0.3) is 0 Å². The zero-order valence-electron chi connectivity index (χ0n) is 11.0. The second-order valence-electron chi connectivity index (χ2n) is 4.22. The van der Waals surface area contributed by atoms with Crippen LogP contribution in [0.3, 0.4) is 0 Å². The summed E-state index contributed by atoms with van der Waals surface area (Å²) in [5.41, 5.74) is 1.54. The summed E-state index contributed by atoms with van der Waals surface area (Å²) in [4.78, 5) is 11.8. The second-order valence-corrected chi connectivity index (χ2v) is 4.22. The first-order valence-corrected chi connectivity index (χ1v) is 5.75. The predicted octanol–water partition coefficient (Wildman–Crippen LogP) is 3.37. The van der Waals surface area contributed by atoms with Crippen LogP contribution in [0.1, 0.15) is 22.8 Å². The van der Waals surface area contributed by atoms with Crippen molar-refractivity contribution in [1.82, 2.24) is 0 Å². The van der Waals surface area contributed by atoms with Crippen molar-refractivity contribution in [3.8, 4) is 11.5 Å². The van der Waals surface area contributed by atoms with Gasteiger partial charge in [0.1, 0.15) is 11.5 Å². The Kier molecular flexibility index (Phi) is 3.24. The van der Waals surface area contributed by atoms with Gasteiger partial charge < -0.3 is 9.47 Å². The Morgan fingerprint density at radius 2 is 1.89 bits per heavy atom. The van der Waals surface area contributed by atoms with Crippen LogP contribution in [0.5, 0.6) is 11.5 Å². The number of carbonyl (C=O) groups is 1. The highest BCUT2D eigenvalue weighted by Crippen LogP contribution is 2.38. The number of Topliss-reactive ketones (excluding diaryl/α,β-unsaturated/α-hetero) is 1. The number of carbonyl (C=O) groups excluding carboxylic acids is 1. The van der Waals surface area contributed by atoms with Crippen LogP contribution >= 0.6 is 0 Å². The van der Waals surface area contributed by atoms with Gasteiger partial charge in [-0.25, -0.2) is 0 Å². The number of hydrogen-bond acceptors (Lipinski definition) is 3. The van der Waals surface area contributed by atoms with Gasteiger partial charge in [-0.3, -0.25) is 4.79 Å². The minimum Gasteiger partial charge on any atom is -0.496 e. The summed E-state index contributed by atoms with van der Waals surface area (Å²) in [6, 6.07) is 7.76. The highest BCUT2D eigenvalue weighted by molar-refractivity contribution is 6.07. The number of aryl methyl sites for hydroxylation is 1. The van der Waals surface area contributed by atoms with E-state index in [2.05, 4.69) is 0 Å². The van der Waals surface area contributed by atoms with Gasteiger partial charge in [0.05, 0.1) is 25.2 Å². The van der Waals surface area contributed by atoms with Crippen LogP contribution in [-0.2, 0) is 0 Å². The molecule has 3 nitrogen and oxygen atoms in total. The molecule has 3 heteroatoms. The molecule has 0 bridgehead atoms. The number of fused-ring (bicyclic) bond motifs is 1. The van der Waals surface area contributed by atoms with Crippen molar-refractivity contribution in [2.45, 2.75) is 13.8 Å². The first-order valence-electron chi connectivity index (χ1n) is 5.75.